The Bertz CT molecular complexity index is 521. The van der Waals surface area contributed by atoms with E-state index in [4.69, 9.17) is 0 Å². The van der Waals surface area contributed by atoms with Gasteiger partial charge in [0, 0.05) is 21.2 Å². The Balaban J connectivity index is 2.02. The quantitative estimate of drug-likeness (QED) is 0.763. The normalized spacial score (nSPS) is 10.4. The molecule has 0 bridgehead atoms. The molecule has 0 saturated heterocycles. The molecule has 0 radical (unpaired) electrons. The maximum atomic E-state index is 3.55. The fourth-order valence-corrected chi connectivity index (χ4v) is 2.91. The van der Waals surface area contributed by atoms with Crippen LogP contribution in [0, 0.1) is 0 Å². The van der Waals surface area contributed by atoms with E-state index in [1.807, 2.05) is 12.1 Å². The summed E-state index contributed by atoms with van der Waals surface area (Å²) in [6, 6.07) is 14.9. The zero-order valence-corrected chi connectivity index (χ0v) is 13.4. The third kappa shape index (κ3) is 3.59. The van der Waals surface area contributed by atoms with Crippen LogP contribution in [0.1, 0.15) is 18.1 Å². The van der Waals surface area contributed by atoms with Crippen LogP contribution in [0.25, 0.3) is 0 Å². The lowest BCUT2D eigenvalue weighted by molar-refractivity contribution is 1.10. The summed E-state index contributed by atoms with van der Waals surface area (Å²) in [4.78, 5) is 0. The Kier molecular flexibility index (Phi) is 4.84. The molecule has 0 atom stereocenters. The fraction of sp³-hybridized carbons (Fsp3) is 0.200. The average molecular weight is 369 g/mol. The largest absolute Gasteiger partial charge is 0.380 e. The highest BCUT2D eigenvalue weighted by atomic mass is 79.9. The highest BCUT2D eigenvalue weighted by Crippen LogP contribution is 2.26. The highest BCUT2D eigenvalue weighted by Gasteiger charge is 2.00. The topological polar surface area (TPSA) is 12.0 Å². The van der Waals surface area contributed by atoms with Crippen LogP contribution in [-0.2, 0) is 13.0 Å². The van der Waals surface area contributed by atoms with Gasteiger partial charge in [-0.05, 0) is 51.7 Å². The van der Waals surface area contributed by atoms with Gasteiger partial charge in [-0.1, -0.05) is 47.1 Å². The molecule has 1 nitrogen and oxygen atoms in total. The van der Waals surface area contributed by atoms with Crippen molar-refractivity contribution in [2.75, 3.05) is 5.32 Å². The molecule has 0 fully saturated rings. The molecule has 0 heterocycles. The van der Waals surface area contributed by atoms with Gasteiger partial charge in [-0.15, -0.1) is 0 Å². The Hall–Kier alpha value is -0.800. The van der Waals surface area contributed by atoms with Crippen molar-refractivity contribution in [2.24, 2.45) is 0 Å². The van der Waals surface area contributed by atoms with Crippen molar-refractivity contribution in [3.8, 4) is 0 Å². The highest BCUT2D eigenvalue weighted by molar-refractivity contribution is 9.11. The molecule has 0 aliphatic carbocycles. The Labute approximate surface area is 125 Å². The Morgan fingerprint density at radius 3 is 2.22 bits per heavy atom. The van der Waals surface area contributed by atoms with E-state index in [1.165, 1.54) is 11.1 Å². The molecule has 0 unspecified atom stereocenters. The minimum atomic E-state index is 0.838. The second kappa shape index (κ2) is 6.39. The van der Waals surface area contributed by atoms with Crippen LogP contribution in [0.3, 0.4) is 0 Å². The lowest BCUT2D eigenvalue weighted by Gasteiger charge is -2.09. The first-order valence-electron chi connectivity index (χ1n) is 5.96. The molecule has 94 valence electrons. The number of anilines is 1. The molecule has 1 N–H and O–H groups in total. The molecule has 0 aliphatic heterocycles. The molecule has 2 rings (SSSR count). The summed E-state index contributed by atoms with van der Waals surface area (Å²) in [7, 11) is 0. The van der Waals surface area contributed by atoms with Gasteiger partial charge >= 0.3 is 0 Å². The van der Waals surface area contributed by atoms with Crippen molar-refractivity contribution in [1.29, 1.82) is 0 Å². The summed E-state index contributed by atoms with van der Waals surface area (Å²) in [5.41, 5.74) is 3.78. The Morgan fingerprint density at radius 2 is 1.61 bits per heavy atom. The molecule has 3 heteroatoms. The summed E-state index contributed by atoms with van der Waals surface area (Å²) < 4.78 is 2.15. The minimum Gasteiger partial charge on any atom is -0.380 e. The summed E-state index contributed by atoms with van der Waals surface area (Å²) in [5, 5.41) is 3.43. The van der Waals surface area contributed by atoms with Crippen molar-refractivity contribution >= 4 is 37.5 Å². The van der Waals surface area contributed by atoms with E-state index in [0.29, 0.717) is 0 Å². The van der Waals surface area contributed by atoms with Crippen molar-refractivity contribution in [3.05, 3.63) is 62.5 Å². The van der Waals surface area contributed by atoms with Crippen LogP contribution in [0.5, 0.6) is 0 Å². The van der Waals surface area contributed by atoms with E-state index in [2.05, 4.69) is 74.4 Å². The van der Waals surface area contributed by atoms with E-state index in [-0.39, 0.29) is 0 Å². The zero-order chi connectivity index (χ0) is 13.0. The zero-order valence-electron chi connectivity index (χ0n) is 10.2. The van der Waals surface area contributed by atoms with E-state index in [0.717, 1.165) is 27.6 Å². The average Bonchev–Trinajstić information content (AvgIpc) is 2.38. The maximum Gasteiger partial charge on any atom is 0.0488 e. The van der Waals surface area contributed by atoms with E-state index in [1.54, 1.807) is 0 Å². The van der Waals surface area contributed by atoms with Crippen LogP contribution in [-0.4, -0.2) is 0 Å². The second-order valence-corrected chi connectivity index (χ2v) is 5.92. The third-order valence-electron chi connectivity index (χ3n) is 2.85. The second-order valence-electron chi connectivity index (χ2n) is 4.15. The molecule has 2 aromatic carbocycles. The molecular formula is C15H15Br2N. The number of aryl methyl sites for hydroxylation is 1. The first kappa shape index (κ1) is 13.6. The summed E-state index contributed by atoms with van der Waals surface area (Å²) >= 11 is 7.00. The van der Waals surface area contributed by atoms with Gasteiger partial charge in [-0.25, -0.2) is 0 Å². The number of hydrogen-bond acceptors (Lipinski definition) is 1. The van der Waals surface area contributed by atoms with Gasteiger partial charge in [0.25, 0.3) is 0 Å². The van der Waals surface area contributed by atoms with Gasteiger partial charge in [-0.3, -0.25) is 0 Å². The fourth-order valence-electron chi connectivity index (χ4n) is 1.72. The first-order valence-corrected chi connectivity index (χ1v) is 7.54. The number of benzene rings is 2. The third-order valence-corrected chi connectivity index (χ3v) is 3.99. The van der Waals surface area contributed by atoms with E-state index < -0.39 is 0 Å². The van der Waals surface area contributed by atoms with Gasteiger partial charge in [0.2, 0.25) is 0 Å². The molecule has 18 heavy (non-hydrogen) atoms. The Morgan fingerprint density at radius 1 is 0.944 bits per heavy atom. The molecule has 0 amide bonds. The molecule has 0 aromatic heterocycles. The van der Waals surface area contributed by atoms with Crippen molar-refractivity contribution < 1.29 is 0 Å². The monoisotopic (exact) mass is 367 g/mol. The predicted octanol–water partition coefficient (Wildman–Crippen LogP) is 5.39. The van der Waals surface area contributed by atoms with Gasteiger partial charge in [0.1, 0.15) is 0 Å². The van der Waals surface area contributed by atoms with Gasteiger partial charge in [0.05, 0.1) is 0 Å². The number of rotatable bonds is 4. The van der Waals surface area contributed by atoms with Crippen LogP contribution in [0.4, 0.5) is 5.69 Å². The minimum absolute atomic E-state index is 0.838. The van der Waals surface area contributed by atoms with E-state index in [9.17, 15) is 0 Å². The number of nitrogens with one attached hydrogen (secondary N) is 1. The molecule has 0 aliphatic rings. The maximum absolute atomic E-state index is 3.55. The SMILES string of the molecule is CCc1ccc(CNc2ccc(Br)cc2Br)cc1. The van der Waals surface area contributed by atoms with Crippen molar-refractivity contribution in [3.63, 3.8) is 0 Å². The van der Waals surface area contributed by atoms with Crippen molar-refractivity contribution in [2.45, 2.75) is 19.9 Å². The van der Waals surface area contributed by atoms with Crippen LogP contribution in [0.15, 0.2) is 51.4 Å². The van der Waals surface area contributed by atoms with Crippen LogP contribution >= 0.6 is 31.9 Å². The predicted molar refractivity (Wildman–Crippen MR) is 85.0 cm³/mol. The number of halogens is 2. The summed E-state index contributed by atoms with van der Waals surface area (Å²) in [5.74, 6) is 0. The van der Waals surface area contributed by atoms with E-state index >= 15 is 0 Å². The lowest BCUT2D eigenvalue weighted by atomic mass is 10.1. The standard InChI is InChI=1S/C15H15Br2N/c1-2-11-3-5-12(6-4-11)10-18-15-8-7-13(16)9-14(15)17/h3-9,18H,2,10H2,1H3. The smallest absolute Gasteiger partial charge is 0.0488 e. The summed E-state index contributed by atoms with van der Waals surface area (Å²) in [6.07, 6.45) is 1.09. The van der Waals surface area contributed by atoms with Gasteiger partial charge in [0.15, 0.2) is 0 Å². The van der Waals surface area contributed by atoms with Crippen molar-refractivity contribution in [1.82, 2.24) is 0 Å². The molecular weight excluding hydrogens is 354 g/mol. The molecule has 2 aromatic rings. The molecule has 0 saturated carbocycles. The summed E-state index contributed by atoms with van der Waals surface area (Å²) in [6.45, 7) is 3.01. The van der Waals surface area contributed by atoms with Crippen LogP contribution < -0.4 is 5.32 Å². The van der Waals surface area contributed by atoms with Crippen LogP contribution in [0.2, 0.25) is 0 Å². The van der Waals surface area contributed by atoms with Gasteiger partial charge in [-0.2, -0.15) is 0 Å². The van der Waals surface area contributed by atoms with Gasteiger partial charge < -0.3 is 5.32 Å². The molecule has 0 spiro atoms. The number of hydrogen-bond donors (Lipinski definition) is 1. The first-order chi connectivity index (χ1) is 8.69. The lowest BCUT2D eigenvalue weighted by Crippen LogP contribution is -2.00.